The number of likely N-dealkylation sites (tertiary alicyclic amines) is 1. The predicted octanol–water partition coefficient (Wildman–Crippen LogP) is 3.48. The molecule has 2 aromatic rings. The van der Waals surface area contributed by atoms with Crippen LogP contribution in [0.25, 0.3) is 0 Å². The van der Waals surface area contributed by atoms with Crippen molar-refractivity contribution in [1.82, 2.24) is 9.80 Å². The van der Waals surface area contributed by atoms with Gasteiger partial charge in [-0.25, -0.2) is 0 Å². The molecule has 37 heavy (non-hydrogen) atoms. The molecule has 2 aliphatic carbocycles. The van der Waals surface area contributed by atoms with E-state index in [0.29, 0.717) is 12.8 Å². The van der Waals surface area contributed by atoms with Crippen molar-refractivity contribution in [2.24, 2.45) is 0 Å². The van der Waals surface area contributed by atoms with Crippen LogP contribution in [0.15, 0.2) is 61.2 Å². The number of rotatable bonds is 4. The van der Waals surface area contributed by atoms with Gasteiger partial charge in [-0.3, -0.25) is 14.5 Å². The van der Waals surface area contributed by atoms with E-state index in [9.17, 15) is 9.59 Å². The minimum absolute atomic E-state index is 0.0231. The zero-order valence-corrected chi connectivity index (χ0v) is 21.4. The first-order valence-corrected chi connectivity index (χ1v) is 13.1. The molecular formula is C31H32N2O4. The molecule has 1 saturated carbocycles. The summed E-state index contributed by atoms with van der Waals surface area (Å²) in [5, 5.41) is 0. The Morgan fingerprint density at radius 2 is 2.03 bits per heavy atom. The highest BCUT2D eigenvalue weighted by molar-refractivity contribution is 5.94. The molecule has 2 heterocycles. The highest BCUT2D eigenvalue weighted by Gasteiger charge is 2.75. The van der Waals surface area contributed by atoms with E-state index in [1.54, 1.807) is 4.90 Å². The number of carbonyl (C=O) groups is 2. The molecule has 6 nitrogen and oxygen atoms in total. The zero-order valence-electron chi connectivity index (χ0n) is 21.4. The lowest BCUT2D eigenvalue weighted by Gasteiger charge is -2.65. The fourth-order valence-corrected chi connectivity index (χ4v) is 7.68. The Morgan fingerprint density at radius 1 is 1.22 bits per heavy atom. The highest BCUT2D eigenvalue weighted by atomic mass is 16.6. The largest absolute Gasteiger partial charge is 0.487 e. The van der Waals surface area contributed by atoms with Crippen LogP contribution in [0, 0.1) is 11.8 Å². The minimum atomic E-state index is -0.722. The monoisotopic (exact) mass is 496 g/mol. The SMILES string of the molecule is C=CCN1CC[C@]23c4c5cccc4O[C@H]2[C@@H](N(C)C(=O)C#Cc2ccccc2)CC[C@@]3(OC(C)=O)[C@H]1C5. The van der Waals surface area contributed by atoms with Gasteiger partial charge < -0.3 is 14.4 Å². The Labute approximate surface area is 218 Å². The summed E-state index contributed by atoms with van der Waals surface area (Å²) in [6, 6.07) is 15.6. The van der Waals surface area contributed by atoms with Gasteiger partial charge in [-0.1, -0.05) is 42.3 Å². The number of hydrogen-bond acceptors (Lipinski definition) is 5. The van der Waals surface area contributed by atoms with E-state index in [1.165, 1.54) is 18.1 Å². The number of carbonyl (C=O) groups excluding carboxylic acids is 2. The zero-order chi connectivity index (χ0) is 25.8. The van der Waals surface area contributed by atoms with Crippen molar-refractivity contribution in [2.45, 2.75) is 61.8 Å². The lowest BCUT2D eigenvalue weighted by Crippen LogP contribution is -2.79. The van der Waals surface area contributed by atoms with E-state index in [1.807, 2.05) is 55.6 Å². The first kappa shape index (κ1) is 23.8. The molecular weight excluding hydrogens is 464 g/mol. The number of ether oxygens (including phenoxy) is 2. The van der Waals surface area contributed by atoms with Crippen molar-refractivity contribution < 1.29 is 19.1 Å². The van der Waals surface area contributed by atoms with Crippen LogP contribution in [-0.4, -0.2) is 65.6 Å². The number of esters is 1. The summed E-state index contributed by atoms with van der Waals surface area (Å²) in [5.74, 6) is 6.18. The summed E-state index contributed by atoms with van der Waals surface area (Å²) in [5.41, 5.74) is 1.99. The third-order valence-electron chi connectivity index (χ3n) is 8.99. The lowest BCUT2D eigenvalue weighted by molar-refractivity contribution is -0.222. The van der Waals surface area contributed by atoms with Gasteiger partial charge in [-0.15, -0.1) is 6.58 Å². The van der Waals surface area contributed by atoms with Crippen molar-refractivity contribution in [3.8, 4) is 17.6 Å². The van der Waals surface area contributed by atoms with Gasteiger partial charge in [0.2, 0.25) is 0 Å². The van der Waals surface area contributed by atoms with Gasteiger partial charge in [0.25, 0.3) is 5.91 Å². The molecule has 6 rings (SSSR count). The standard InChI is InChI=1S/C31H32N2O4/c1-4-18-33-19-17-30-28-23-11-8-12-25(28)36-29(30)24(15-16-31(30,26(33)20-23)37-21(2)34)32(3)27(35)14-13-22-9-6-5-7-10-22/h4-12,24,26,29H,1,15-20H2,2-3H3/t24-,26+,29-,30-,31+/m0/s1. The molecule has 2 aliphatic heterocycles. The third kappa shape index (κ3) is 3.37. The average molecular weight is 497 g/mol. The number of amides is 1. The van der Waals surface area contributed by atoms with E-state index < -0.39 is 11.0 Å². The second-order valence-corrected chi connectivity index (χ2v) is 10.7. The Bertz CT molecular complexity index is 1330. The first-order chi connectivity index (χ1) is 17.9. The third-order valence-corrected chi connectivity index (χ3v) is 8.99. The average Bonchev–Trinajstić information content (AvgIpc) is 3.23. The molecule has 1 amide bonds. The maximum Gasteiger partial charge on any atom is 0.303 e. The van der Waals surface area contributed by atoms with Gasteiger partial charge in [0, 0.05) is 44.1 Å². The molecule has 1 spiro atoms. The normalized spacial score (nSPS) is 30.7. The number of nitrogens with zero attached hydrogens (tertiary/aromatic N) is 2. The smallest absolute Gasteiger partial charge is 0.303 e. The van der Waals surface area contributed by atoms with Crippen LogP contribution in [-0.2, 0) is 26.2 Å². The van der Waals surface area contributed by atoms with E-state index in [-0.39, 0.29) is 30.1 Å². The number of piperidine rings is 1. The lowest BCUT2D eigenvalue weighted by atomic mass is 9.48. The van der Waals surface area contributed by atoms with Crippen molar-refractivity contribution in [3.63, 3.8) is 0 Å². The Hall–Kier alpha value is -3.56. The molecule has 2 bridgehead atoms. The fraction of sp³-hybridized carbons (Fsp3) is 0.419. The van der Waals surface area contributed by atoms with Gasteiger partial charge in [-0.2, -0.15) is 0 Å². The topological polar surface area (TPSA) is 59.1 Å². The Kier molecular flexibility index (Phi) is 5.65. The van der Waals surface area contributed by atoms with Gasteiger partial charge in [-0.05, 0) is 49.4 Å². The van der Waals surface area contributed by atoms with Gasteiger partial charge in [0.05, 0.1) is 17.5 Å². The maximum atomic E-state index is 13.3. The van der Waals surface area contributed by atoms with Crippen LogP contribution in [0.3, 0.4) is 0 Å². The molecule has 0 radical (unpaired) electrons. The van der Waals surface area contributed by atoms with Crippen LogP contribution in [0.5, 0.6) is 5.75 Å². The maximum absolute atomic E-state index is 13.3. The fourth-order valence-electron chi connectivity index (χ4n) is 7.68. The summed E-state index contributed by atoms with van der Waals surface area (Å²) >= 11 is 0. The summed E-state index contributed by atoms with van der Waals surface area (Å²) in [6.07, 6.45) is 4.51. The van der Waals surface area contributed by atoms with Crippen LogP contribution in [0.4, 0.5) is 0 Å². The van der Waals surface area contributed by atoms with Gasteiger partial charge in [0.15, 0.2) is 0 Å². The molecule has 6 heteroatoms. The van der Waals surface area contributed by atoms with Crippen molar-refractivity contribution in [2.75, 3.05) is 20.1 Å². The molecule has 0 unspecified atom stereocenters. The first-order valence-electron chi connectivity index (χ1n) is 13.1. The molecule has 0 aromatic heterocycles. The quantitative estimate of drug-likeness (QED) is 0.369. The van der Waals surface area contributed by atoms with Gasteiger partial charge in [0.1, 0.15) is 17.5 Å². The second-order valence-electron chi connectivity index (χ2n) is 10.7. The molecule has 190 valence electrons. The summed E-state index contributed by atoms with van der Waals surface area (Å²) in [4.78, 5) is 30.1. The van der Waals surface area contributed by atoms with E-state index in [4.69, 9.17) is 9.47 Å². The van der Waals surface area contributed by atoms with Crippen LogP contribution in [0.1, 0.15) is 42.9 Å². The van der Waals surface area contributed by atoms with E-state index in [0.717, 1.165) is 37.2 Å². The Morgan fingerprint density at radius 3 is 2.78 bits per heavy atom. The molecule has 1 saturated heterocycles. The predicted molar refractivity (Wildman–Crippen MR) is 140 cm³/mol. The Balaban J connectivity index is 1.43. The van der Waals surface area contributed by atoms with Crippen molar-refractivity contribution in [1.29, 1.82) is 0 Å². The van der Waals surface area contributed by atoms with Crippen molar-refractivity contribution >= 4 is 11.9 Å². The number of likely N-dealkylation sites (N-methyl/N-ethyl adjacent to an activating group) is 1. The van der Waals surface area contributed by atoms with E-state index in [2.05, 4.69) is 29.4 Å². The molecule has 5 atom stereocenters. The molecule has 2 fully saturated rings. The van der Waals surface area contributed by atoms with Crippen LogP contribution in [0.2, 0.25) is 0 Å². The molecule has 4 aliphatic rings. The summed E-state index contributed by atoms with van der Waals surface area (Å²) in [7, 11) is 1.82. The second kappa shape index (κ2) is 8.78. The van der Waals surface area contributed by atoms with Gasteiger partial charge >= 0.3 is 5.97 Å². The molecule has 2 aromatic carbocycles. The van der Waals surface area contributed by atoms with Crippen molar-refractivity contribution in [3.05, 3.63) is 77.9 Å². The summed E-state index contributed by atoms with van der Waals surface area (Å²) in [6.45, 7) is 7.08. The van der Waals surface area contributed by atoms with E-state index >= 15 is 0 Å². The highest BCUT2D eigenvalue weighted by Crippen LogP contribution is 2.65. The number of hydrogen-bond donors (Lipinski definition) is 0. The van der Waals surface area contributed by atoms with Crippen LogP contribution >= 0.6 is 0 Å². The minimum Gasteiger partial charge on any atom is -0.487 e. The number of benzene rings is 2. The summed E-state index contributed by atoms with van der Waals surface area (Å²) < 4.78 is 13.2. The van der Waals surface area contributed by atoms with Crippen LogP contribution < -0.4 is 4.74 Å². The molecule has 0 N–H and O–H groups in total.